The highest BCUT2D eigenvalue weighted by molar-refractivity contribution is 9.10. The molecule has 2 rings (SSSR count). The van der Waals surface area contributed by atoms with Gasteiger partial charge in [0.15, 0.2) is 0 Å². The molecule has 0 atom stereocenters. The molecule has 0 aliphatic carbocycles. The van der Waals surface area contributed by atoms with E-state index in [1.807, 2.05) is 18.2 Å². The second-order valence-corrected chi connectivity index (χ2v) is 5.46. The molecule has 1 saturated heterocycles. The summed E-state index contributed by atoms with van der Waals surface area (Å²) in [4.78, 5) is 0. The summed E-state index contributed by atoms with van der Waals surface area (Å²) in [5, 5.41) is 13.8. The van der Waals surface area contributed by atoms with E-state index in [0.717, 1.165) is 41.7 Å². The van der Waals surface area contributed by atoms with Gasteiger partial charge in [-0.05, 0) is 49.7 Å². The molecule has 0 unspecified atom stereocenters. The van der Waals surface area contributed by atoms with Crippen LogP contribution in [0.1, 0.15) is 18.4 Å². The van der Waals surface area contributed by atoms with Crippen LogP contribution in [0, 0.1) is 0 Å². The van der Waals surface area contributed by atoms with Gasteiger partial charge in [-0.2, -0.15) is 0 Å². The third kappa shape index (κ3) is 3.21. The topological polar surface area (TPSA) is 41.5 Å². The van der Waals surface area contributed by atoms with Crippen LogP contribution in [0.15, 0.2) is 22.7 Å². The summed E-state index contributed by atoms with van der Waals surface area (Å²) >= 11 is 3.53. The fourth-order valence-electron chi connectivity index (χ4n) is 2.24. The van der Waals surface area contributed by atoms with Crippen molar-refractivity contribution in [3.63, 3.8) is 0 Å². The minimum Gasteiger partial charge on any atom is -0.497 e. The number of methoxy groups -OCH3 is 1. The van der Waals surface area contributed by atoms with E-state index in [0.29, 0.717) is 6.42 Å². The lowest BCUT2D eigenvalue weighted by molar-refractivity contribution is 0.0107. The van der Waals surface area contributed by atoms with Gasteiger partial charge in [0.05, 0.1) is 12.7 Å². The minimum absolute atomic E-state index is 0.583. The smallest absolute Gasteiger partial charge is 0.119 e. The number of aliphatic hydroxyl groups is 1. The van der Waals surface area contributed by atoms with Crippen LogP contribution in [0.4, 0.5) is 0 Å². The monoisotopic (exact) mass is 299 g/mol. The Morgan fingerprint density at radius 2 is 2.12 bits per heavy atom. The first-order valence-corrected chi connectivity index (χ1v) is 6.68. The zero-order chi connectivity index (χ0) is 12.3. The van der Waals surface area contributed by atoms with E-state index in [1.165, 1.54) is 0 Å². The maximum Gasteiger partial charge on any atom is 0.119 e. The zero-order valence-electron chi connectivity index (χ0n) is 10.0. The summed E-state index contributed by atoms with van der Waals surface area (Å²) in [6, 6.07) is 5.88. The van der Waals surface area contributed by atoms with E-state index >= 15 is 0 Å². The molecule has 1 aliphatic heterocycles. The van der Waals surface area contributed by atoms with Crippen molar-refractivity contribution in [3.8, 4) is 5.75 Å². The Morgan fingerprint density at radius 1 is 1.41 bits per heavy atom. The zero-order valence-corrected chi connectivity index (χ0v) is 11.6. The molecule has 0 aromatic heterocycles. The molecule has 1 heterocycles. The van der Waals surface area contributed by atoms with Crippen LogP contribution in [0.5, 0.6) is 5.75 Å². The van der Waals surface area contributed by atoms with Crippen LogP contribution in [-0.2, 0) is 6.42 Å². The van der Waals surface area contributed by atoms with Gasteiger partial charge in [-0.1, -0.05) is 15.9 Å². The summed E-state index contributed by atoms with van der Waals surface area (Å²) in [6.45, 7) is 1.77. The van der Waals surface area contributed by atoms with Gasteiger partial charge < -0.3 is 15.2 Å². The lowest BCUT2D eigenvalue weighted by atomic mass is 9.86. The van der Waals surface area contributed by atoms with Gasteiger partial charge in [-0.3, -0.25) is 0 Å². The van der Waals surface area contributed by atoms with Crippen LogP contribution in [0.3, 0.4) is 0 Å². The molecule has 0 spiro atoms. The summed E-state index contributed by atoms with van der Waals surface area (Å²) in [7, 11) is 1.66. The quantitative estimate of drug-likeness (QED) is 0.898. The molecular weight excluding hydrogens is 282 g/mol. The van der Waals surface area contributed by atoms with E-state index in [9.17, 15) is 5.11 Å². The minimum atomic E-state index is -0.583. The van der Waals surface area contributed by atoms with Crippen LogP contribution in [-0.4, -0.2) is 30.9 Å². The second kappa shape index (κ2) is 5.38. The maximum absolute atomic E-state index is 10.5. The normalized spacial score (nSPS) is 19.0. The van der Waals surface area contributed by atoms with Crippen molar-refractivity contribution in [1.29, 1.82) is 0 Å². The molecule has 94 valence electrons. The number of hydrogen-bond donors (Lipinski definition) is 2. The highest BCUT2D eigenvalue weighted by atomic mass is 79.9. The van der Waals surface area contributed by atoms with Gasteiger partial charge in [0.2, 0.25) is 0 Å². The van der Waals surface area contributed by atoms with Gasteiger partial charge in [0.1, 0.15) is 5.75 Å². The molecule has 17 heavy (non-hydrogen) atoms. The van der Waals surface area contributed by atoms with Crippen LogP contribution in [0.25, 0.3) is 0 Å². The molecule has 1 aromatic rings. The number of piperidine rings is 1. The Labute approximate surface area is 110 Å². The van der Waals surface area contributed by atoms with Crippen molar-refractivity contribution in [2.24, 2.45) is 0 Å². The fraction of sp³-hybridized carbons (Fsp3) is 0.538. The number of benzene rings is 1. The van der Waals surface area contributed by atoms with Crippen LogP contribution < -0.4 is 10.1 Å². The van der Waals surface area contributed by atoms with E-state index in [-0.39, 0.29) is 0 Å². The SMILES string of the molecule is COc1ccc(Br)c(CC2(O)CCNCC2)c1. The maximum atomic E-state index is 10.5. The largest absolute Gasteiger partial charge is 0.497 e. The van der Waals surface area contributed by atoms with Gasteiger partial charge >= 0.3 is 0 Å². The third-order valence-corrected chi connectivity index (χ3v) is 4.08. The standard InChI is InChI=1S/C13H18BrNO2/c1-17-11-2-3-12(14)10(8-11)9-13(16)4-6-15-7-5-13/h2-3,8,15-16H,4-7,9H2,1H3. The summed E-state index contributed by atoms with van der Waals surface area (Å²) in [6.07, 6.45) is 2.28. The van der Waals surface area contributed by atoms with Crippen molar-refractivity contribution >= 4 is 15.9 Å². The molecule has 1 aliphatic rings. The van der Waals surface area contributed by atoms with Crippen LogP contribution in [0.2, 0.25) is 0 Å². The summed E-state index contributed by atoms with van der Waals surface area (Å²) in [5.74, 6) is 0.834. The molecule has 0 amide bonds. The van der Waals surface area contributed by atoms with E-state index in [2.05, 4.69) is 21.2 Å². The third-order valence-electron chi connectivity index (χ3n) is 3.31. The first kappa shape index (κ1) is 12.9. The Bertz CT molecular complexity index is 389. The first-order chi connectivity index (χ1) is 8.13. The predicted octanol–water partition coefficient (Wildman–Crippen LogP) is 2.11. The Morgan fingerprint density at radius 3 is 2.76 bits per heavy atom. The molecule has 1 aromatic carbocycles. The number of hydrogen-bond acceptors (Lipinski definition) is 3. The van der Waals surface area contributed by atoms with Crippen LogP contribution >= 0.6 is 15.9 Å². The molecule has 0 bridgehead atoms. The first-order valence-electron chi connectivity index (χ1n) is 5.88. The van der Waals surface area contributed by atoms with Gasteiger partial charge in [-0.15, -0.1) is 0 Å². The fourth-order valence-corrected chi connectivity index (χ4v) is 2.62. The molecule has 0 radical (unpaired) electrons. The van der Waals surface area contributed by atoms with Crippen molar-refractivity contribution < 1.29 is 9.84 Å². The van der Waals surface area contributed by atoms with Gasteiger partial charge in [0.25, 0.3) is 0 Å². The lowest BCUT2D eigenvalue weighted by Crippen LogP contribution is -2.43. The Balaban J connectivity index is 2.16. The highest BCUT2D eigenvalue weighted by Crippen LogP contribution is 2.29. The number of rotatable bonds is 3. The number of nitrogens with one attached hydrogen (secondary N) is 1. The van der Waals surface area contributed by atoms with Crippen molar-refractivity contribution in [2.75, 3.05) is 20.2 Å². The Kier molecular flexibility index (Phi) is 4.07. The molecule has 0 saturated carbocycles. The molecule has 4 heteroatoms. The van der Waals surface area contributed by atoms with Crippen molar-refractivity contribution in [3.05, 3.63) is 28.2 Å². The highest BCUT2D eigenvalue weighted by Gasteiger charge is 2.29. The van der Waals surface area contributed by atoms with E-state index in [4.69, 9.17) is 4.74 Å². The summed E-state index contributed by atoms with van der Waals surface area (Å²) < 4.78 is 6.25. The second-order valence-electron chi connectivity index (χ2n) is 4.61. The van der Waals surface area contributed by atoms with Crippen molar-refractivity contribution in [1.82, 2.24) is 5.32 Å². The van der Waals surface area contributed by atoms with E-state index in [1.54, 1.807) is 7.11 Å². The van der Waals surface area contributed by atoms with Gasteiger partial charge in [0, 0.05) is 10.9 Å². The molecular formula is C13H18BrNO2. The summed E-state index contributed by atoms with van der Waals surface area (Å²) in [5.41, 5.74) is 0.522. The van der Waals surface area contributed by atoms with Gasteiger partial charge in [-0.25, -0.2) is 0 Å². The molecule has 3 nitrogen and oxygen atoms in total. The number of ether oxygens (including phenoxy) is 1. The van der Waals surface area contributed by atoms with Crippen molar-refractivity contribution in [2.45, 2.75) is 24.9 Å². The average Bonchev–Trinajstić information content (AvgIpc) is 2.33. The predicted molar refractivity (Wildman–Crippen MR) is 71.5 cm³/mol. The molecule has 2 N–H and O–H groups in total. The average molecular weight is 300 g/mol. The number of halogens is 1. The lowest BCUT2D eigenvalue weighted by Gasteiger charge is -2.33. The molecule has 1 fully saturated rings. The Hall–Kier alpha value is -0.580. The van der Waals surface area contributed by atoms with E-state index < -0.39 is 5.60 Å².